The highest BCUT2D eigenvalue weighted by Crippen LogP contribution is 1.93. The summed E-state index contributed by atoms with van der Waals surface area (Å²) in [6.07, 6.45) is 1.62. The van der Waals surface area contributed by atoms with Gasteiger partial charge in [-0.05, 0) is 12.1 Å². The molecule has 0 aromatic carbocycles. The fourth-order valence-corrected chi connectivity index (χ4v) is 0.521. The topological polar surface area (TPSA) is 68.1 Å². The maximum Gasteiger partial charge on any atom is 0.373 e. The van der Waals surface area contributed by atoms with Gasteiger partial charge in [0.05, 0.1) is 0 Å². The van der Waals surface area contributed by atoms with Crippen LogP contribution in [0.5, 0.6) is 0 Å². The molecule has 0 radical (unpaired) electrons. The van der Waals surface area contributed by atoms with Crippen molar-refractivity contribution in [3.63, 3.8) is 0 Å². The van der Waals surface area contributed by atoms with Gasteiger partial charge in [-0.2, -0.15) is 5.90 Å². The van der Waals surface area contributed by atoms with Crippen LogP contribution in [-0.2, 0) is 4.84 Å². The first kappa shape index (κ1) is 5.84. The Morgan fingerprint density at radius 3 is 3.00 bits per heavy atom. The lowest BCUT2D eigenvalue weighted by molar-refractivity contribution is 0.0497. The molecule has 9 heavy (non-hydrogen) atoms. The van der Waals surface area contributed by atoms with E-state index in [0.717, 1.165) is 0 Å². The minimum atomic E-state index is -0.556. The fraction of sp³-hybridized carbons (Fsp3) is 0. The van der Waals surface area contributed by atoms with Crippen LogP contribution >= 0.6 is 0 Å². The summed E-state index contributed by atoms with van der Waals surface area (Å²) < 4.78 is 0. The highest BCUT2D eigenvalue weighted by Gasteiger charge is 2.03. The Hall–Kier alpha value is -1.29. The summed E-state index contributed by atoms with van der Waals surface area (Å²) >= 11 is 0. The highest BCUT2D eigenvalue weighted by atomic mass is 16.7. The second-order valence-electron chi connectivity index (χ2n) is 1.49. The number of carbonyl (C=O) groups is 1. The number of rotatable bonds is 1. The van der Waals surface area contributed by atoms with Gasteiger partial charge in [-0.25, -0.2) is 4.79 Å². The van der Waals surface area contributed by atoms with E-state index in [0.29, 0.717) is 5.69 Å². The van der Waals surface area contributed by atoms with Crippen molar-refractivity contribution in [2.45, 2.75) is 0 Å². The number of nitrogens with one attached hydrogen (secondary N) is 1. The van der Waals surface area contributed by atoms with Crippen LogP contribution in [0, 0.1) is 0 Å². The van der Waals surface area contributed by atoms with Crippen LogP contribution < -0.4 is 5.90 Å². The van der Waals surface area contributed by atoms with Gasteiger partial charge < -0.3 is 9.82 Å². The average molecular weight is 126 g/mol. The normalized spacial score (nSPS) is 9.00. The molecule has 4 nitrogen and oxygen atoms in total. The third kappa shape index (κ3) is 1.09. The van der Waals surface area contributed by atoms with Gasteiger partial charge in [0, 0.05) is 6.20 Å². The lowest BCUT2D eigenvalue weighted by atomic mass is 10.4. The predicted molar refractivity (Wildman–Crippen MR) is 30.4 cm³/mol. The first-order chi connectivity index (χ1) is 4.34. The zero-order valence-electron chi connectivity index (χ0n) is 4.63. The molecular formula is C5H6N2O2. The molecule has 0 bridgehead atoms. The Kier molecular flexibility index (Phi) is 1.51. The van der Waals surface area contributed by atoms with Gasteiger partial charge in [0.25, 0.3) is 0 Å². The average Bonchev–Trinajstić information content (AvgIpc) is 2.37. The lowest BCUT2D eigenvalue weighted by Gasteiger charge is -1.90. The minimum Gasteiger partial charge on any atom is -0.369 e. The van der Waals surface area contributed by atoms with E-state index < -0.39 is 5.97 Å². The molecule has 1 heterocycles. The Balaban J connectivity index is 2.77. The van der Waals surface area contributed by atoms with Crippen molar-refractivity contribution >= 4 is 5.97 Å². The van der Waals surface area contributed by atoms with E-state index in [1.165, 1.54) is 0 Å². The van der Waals surface area contributed by atoms with Crippen molar-refractivity contribution in [2.75, 3.05) is 0 Å². The molecule has 0 fully saturated rings. The van der Waals surface area contributed by atoms with Crippen molar-refractivity contribution in [3.05, 3.63) is 24.0 Å². The van der Waals surface area contributed by atoms with Crippen LogP contribution in [0.1, 0.15) is 10.5 Å². The summed E-state index contributed by atoms with van der Waals surface area (Å²) in [5, 5.41) is 0. The molecule has 1 rings (SSSR count). The molecule has 0 aliphatic rings. The Morgan fingerprint density at radius 2 is 2.56 bits per heavy atom. The van der Waals surface area contributed by atoms with Crippen LogP contribution in [0.2, 0.25) is 0 Å². The number of aromatic nitrogens is 1. The zero-order chi connectivity index (χ0) is 6.69. The molecule has 0 unspecified atom stereocenters. The Morgan fingerprint density at radius 1 is 1.78 bits per heavy atom. The van der Waals surface area contributed by atoms with Gasteiger partial charge in [-0.15, -0.1) is 0 Å². The molecular weight excluding hydrogens is 120 g/mol. The van der Waals surface area contributed by atoms with Gasteiger partial charge in [-0.1, -0.05) is 0 Å². The number of hydrogen-bond acceptors (Lipinski definition) is 3. The zero-order valence-corrected chi connectivity index (χ0v) is 4.63. The fourth-order valence-electron chi connectivity index (χ4n) is 0.521. The van der Waals surface area contributed by atoms with Gasteiger partial charge in [0.1, 0.15) is 5.69 Å². The van der Waals surface area contributed by atoms with E-state index >= 15 is 0 Å². The number of hydrogen-bond donors (Lipinski definition) is 2. The minimum absolute atomic E-state index is 0.359. The van der Waals surface area contributed by atoms with Crippen molar-refractivity contribution in [1.29, 1.82) is 0 Å². The van der Waals surface area contributed by atoms with Gasteiger partial charge >= 0.3 is 5.97 Å². The maximum absolute atomic E-state index is 10.5. The molecule has 0 atom stereocenters. The standard InChI is InChI=1S/C5H6N2O2/c6-9-5(8)4-2-1-3-7-4/h1-3,7H,6H2. The van der Waals surface area contributed by atoms with Crippen molar-refractivity contribution in [1.82, 2.24) is 4.98 Å². The third-order valence-corrected chi connectivity index (χ3v) is 0.925. The molecule has 48 valence electrons. The summed E-state index contributed by atoms with van der Waals surface area (Å²) in [5.41, 5.74) is 0.359. The Bertz CT molecular complexity index is 193. The second kappa shape index (κ2) is 2.32. The summed E-state index contributed by atoms with van der Waals surface area (Å²) in [6.45, 7) is 0. The molecule has 0 amide bonds. The van der Waals surface area contributed by atoms with Crippen LogP contribution in [0.4, 0.5) is 0 Å². The van der Waals surface area contributed by atoms with Crippen LogP contribution in [0.15, 0.2) is 18.3 Å². The highest BCUT2D eigenvalue weighted by molar-refractivity contribution is 5.86. The van der Waals surface area contributed by atoms with Crippen LogP contribution in [0.25, 0.3) is 0 Å². The summed E-state index contributed by atoms with van der Waals surface area (Å²) in [4.78, 5) is 17.1. The third-order valence-electron chi connectivity index (χ3n) is 0.925. The molecule has 1 aromatic rings. The summed E-state index contributed by atoms with van der Waals surface area (Å²) in [6, 6.07) is 3.27. The van der Waals surface area contributed by atoms with Crippen molar-refractivity contribution in [2.24, 2.45) is 5.90 Å². The van der Waals surface area contributed by atoms with Gasteiger partial charge in [0.2, 0.25) is 0 Å². The molecule has 3 N–H and O–H groups in total. The van der Waals surface area contributed by atoms with E-state index in [2.05, 4.69) is 15.7 Å². The maximum atomic E-state index is 10.5. The predicted octanol–water partition coefficient (Wildman–Crippen LogP) is 0.0452. The largest absolute Gasteiger partial charge is 0.373 e. The van der Waals surface area contributed by atoms with E-state index in [9.17, 15) is 4.79 Å². The first-order valence-corrected chi connectivity index (χ1v) is 2.39. The van der Waals surface area contributed by atoms with Crippen molar-refractivity contribution in [3.8, 4) is 0 Å². The lowest BCUT2D eigenvalue weighted by Crippen LogP contribution is -2.09. The number of aromatic amines is 1. The number of H-pyrrole nitrogens is 1. The van der Waals surface area contributed by atoms with E-state index in [-0.39, 0.29) is 0 Å². The number of nitrogens with two attached hydrogens (primary N) is 1. The molecule has 0 spiro atoms. The van der Waals surface area contributed by atoms with Gasteiger partial charge in [-0.3, -0.25) is 0 Å². The molecule has 1 aromatic heterocycles. The molecule has 0 aliphatic carbocycles. The van der Waals surface area contributed by atoms with E-state index in [4.69, 9.17) is 0 Å². The number of carbonyl (C=O) groups excluding carboxylic acids is 1. The SMILES string of the molecule is NOC(=O)c1ccc[nH]1. The van der Waals surface area contributed by atoms with E-state index in [1.807, 2.05) is 0 Å². The second-order valence-corrected chi connectivity index (χ2v) is 1.49. The Labute approximate surface area is 51.6 Å². The smallest absolute Gasteiger partial charge is 0.369 e. The quantitative estimate of drug-likeness (QED) is 0.522. The first-order valence-electron chi connectivity index (χ1n) is 2.39. The molecule has 0 saturated heterocycles. The summed E-state index contributed by atoms with van der Waals surface area (Å²) in [7, 11) is 0. The summed E-state index contributed by atoms with van der Waals surface area (Å²) in [5.74, 6) is 4.04. The van der Waals surface area contributed by atoms with Crippen LogP contribution in [0.3, 0.4) is 0 Å². The monoisotopic (exact) mass is 126 g/mol. The molecule has 0 aliphatic heterocycles. The van der Waals surface area contributed by atoms with Crippen molar-refractivity contribution < 1.29 is 9.63 Å². The molecule has 4 heteroatoms. The van der Waals surface area contributed by atoms with E-state index in [1.54, 1.807) is 18.3 Å². The van der Waals surface area contributed by atoms with Gasteiger partial charge in [0.15, 0.2) is 0 Å². The molecule has 0 saturated carbocycles. The van der Waals surface area contributed by atoms with Crippen LogP contribution in [-0.4, -0.2) is 11.0 Å².